The van der Waals surface area contributed by atoms with Crippen LogP contribution in [-0.2, 0) is 26.8 Å². The van der Waals surface area contributed by atoms with Gasteiger partial charge in [0.2, 0.25) is 6.79 Å². The Hall–Kier alpha value is -3.36. The van der Waals surface area contributed by atoms with Crippen LogP contribution in [0.3, 0.4) is 0 Å². The molecule has 2 aromatic carbocycles. The zero-order valence-electron chi connectivity index (χ0n) is 31.6. The van der Waals surface area contributed by atoms with E-state index in [2.05, 4.69) is 78.0 Å². The van der Waals surface area contributed by atoms with Crippen molar-refractivity contribution in [1.29, 1.82) is 0 Å². The molecule has 5 rings (SSSR count). The number of unbranched alkanes of at least 4 members (excludes halogenated alkanes) is 1. The van der Waals surface area contributed by atoms with Crippen LogP contribution in [0.1, 0.15) is 114 Å². The van der Waals surface area contributed by atoms with Crippen LogP contribution in [-0.4, -0.2) is 45.4 Å². The minimum Gasteiger partial charge on any atom is -0.497 e. The molecule has 0 radical (unpaired) electrons. The molecule has 1 aromatic heterocycles. The van der Waals surface area contributed by atoms with Gasteiger partial charge in [0.25, 0.3) is 0 Å². The molecule has 0 N–H and O–H groups in total. The van der Waals surface area contributed by atoms with Gasteiger partial charge in [0.05, 0.1) is 18.7 Å². The van der Waals surface area contributed by atoms with Crippen LogP contribution >= 0.6 is 0 Å². The minimum absolute atomic E-state index is 0.132. The standard InChI is InChI=1S/C41H57NO6Si/c1-12-13-14-29-16-18-32-35(27-15-20-33-34(23-27)46-25-45-33)37(39(43)48-40(3,4)5)36(38(32)42-29)31-19-17-30(44-9)22-28(31)21-26(2)24-47-49(10,11)41(6,7)8/h15-20,22-23,26,35-37H,12-14,21,24-25H2,1-11H3/t26-,35+,36-,37-/m0/s1. The third kappa shape index (κ3) is 8.17. The van der Waals surface area contributed by atoms with Gasteiger partial charge in [0.1, 0.15) is 11.4 Å². The summed E-state index contributed by atoms with van der Waals surface area (Å²) in [6, 6.07) is 16.7. The Morgan fingerprint density at radius 1 is 0.959 bits per heavy atom. The highest BCUT2D eigenvalue weighted by Crippen LogP contribution is 2.54. The molecule has 49 heavy (non-hydrogen) atoms. The van der Waals surface area contributed by atoms with Crippen molar-refractivity contribution < 1.29 is 28.2 Å². The number of pyridine rings is 1. The molecule has 266 valence electrons. The number of aryl methyl sites for hydroxylation is 1. The zero-order valence-corrected chi connectivity index (χ0v) is 32.6. The van der Waals surface area contributed by atoms with Gasteiger partial charge in [-0.15, -0.1) is 0 Å². The summed E-state index contributed by atoms with van der Waals surface area (Å²) in [5, 5.41) is 0.132. The van der Waals surface area contributed by atoms with Crippen LogP contribution in [0.5, 0.6) is 17.2 Å². The average molecular weight is 688 g/mol. The summed E-state index contributed by atoms with van der Waals surface area (Å²) in [5.41, 5.74) is 5.60. The molecule has 1 aliphatic carbocycles. The van der Waals surface area contributed by atoms with Gasteiger partial charge in [-0.25, -0.2) is 0 Å². The first-order valence-electron chi connectivity index (χ1n) is 18.0. The highest BCUT2D eigenvalue weighted by atomic mass is 28.4. The Balaban J connectivity index is 1.65. The van der Waals surface area contributed by atoms with Crippen molar-refractivity contribution in [3.8, 4) is 17.2 Å². The molecule has 1 aliphatic heterocycles. The van der Waals surface area contributed by atoms with Gasteiger partial charge in [-0.05, 0) is 117 Å². The van der Waals surface area contributed by atoms with Crippen molar-refractivity contribution in [1.82, 2.24) is 4.98 Å². The summed E-state index contributed by atoms with van der Waals surface area (Å²) in [4.78, 5) is 20.0. The molecule has 0 unspecified atom stereocenters. The first kappa shape index (κ1) is 36.9. The average Bonchev–Trinajstić information content (AvgIpc) is 3.63. The Kier molecular flexibility index (Phi) is 10.9. The first-order valence-corrected chi connectivity index (χ1v) is 20.9. The van der Waals surface area contributed by atoms with Gasteiger partial charge in [0, 0.05) is 24.1 Å². The number of esters is 1. The van der Waals surface area contributed by atoms with Crippen molar-refractivity contribution in [2.45, 2.75) is 117 Å². The summed E-state index contributed by atoms with van der Waals surface area (Å²) in [6.45, 7) is 22.5. The molecule has 7 nitrogen and oxygen atoms in total. The lowest BCUT2D eigenvalue weighted by molar-refractivity contribution is -0.160. The topological polar surface area (TPSA) is 76.1 Å². The number of methoxy groups -OCH3 is 1. The van der Waals surface area contributed by atoms with Crippen molar-refractivity contribution in [3.05, 3.63) is 82.2 Å². The lowest BCUT2D eigenvalue weighted by Crippen LogP contribution is -2.41. The fourth-order valence-corrected chi connectivity index (χ4v) is 7.89. The molecule has 0 bridgehead atoms. The molecule has 3 aromatic rings. The van der Waals surface area contributed by atoms with Gasteiger partial charge in [-0.1, -0.05) is 59.2 Å². The van der Waals surface area contributed by atoms with E-state index in [0.29, 0.717) is 18.1 Å². The number of aromatic nitrogens is 1. The van der Waals surface area contributed by atoms with Crippen molar-refractivity contribution >= 4 is 14.3 Å². The number of hydrogen-bond donors (Lipinski definition) is 0. The Labute approximate surface area is 295 Å². The number of carbonyl (C=O) groups excluding carboxylic acids is 1. The van der Waals surface area contributed by atoms with E-state index in [-0.39, 0.29) is 35.6 Å². The van der Waals surface area contributed by atoms with Crippen molar-refractivity contribution in [3.63, 3.8) is 0 Å². The molecular formula is C41H57NO6Si. The number of fused-ring (bicyclic) bond motifs is 2. The van der Waals surface area contributed by atoms with E-state index >= 15 is 0 Å². The Bertz CT molecular complexity index is 1640. The molecule has 0 saturated carbocycles. The molecule has 8 heteroatoms. The summed E-state index contributed by atoms with van der Waals surface area (Å²) >= 11 is 0. The monoisotopic (exact) mass is 687 g/mol. The Morgan fingerprint density at radius 3 is 2.35 bits per heavy atom. The number of rotatable bonds is 12. The highest BCUT2D eigenvalue weighted by Gasteiger charge is 2.50. The number of hydrogen-bond acceptors (Lipinski definition) is 7. The van der Waals surface area contributed by atoms with Crippen LogP contribution in [0, 0.1) is 11.8 Å². The molecule has 2 heterocycles. The summed E-state index contributed by atoms with van der Waals surface area (Å²) < 4.78 is 30.2. The lowest BCUT2D eigenvalue weighted by Gasteiger charge is -2.37. The zero-order chi connectivity index (χ0) is 35.7. The van der Waals surface area contributed by atoms with Crippen LogP contribution in [0.4, 0.5) is 0 Å². The van der Waals surface area contributed by atoms with E-state index in [9.17, 15) is 4.79 Å². The second kappa shape index (κ2) is 14.5. The minimum atomic E-state index is -1.92. The van der Waals surface area contributed by atoms with Crippen LogP contribution < -0.4 is 14.2 Å². The molecule has 0 amide bonds. The summed E-state index contributed by atoms with van der Waals surface area (Å²) in [6.07, 6.45) is 3.80. The molecule has 0 fully saturated rings. The van der Waals surface area contributed by atoms with Gasteiger partial charge >= 0.3 is 5.97 Å². The molecule has 2 aliphatic rings. The summed E-state index contributed by atoms with van der Waals surface area (Å²) in [7, 11) is -0.222. The van der Waals surface area contributed by atoms with Gasteiger partial charge < -0.3 is 23.4 Å². The molecular weight excluding hydrogens is 631 g/mol. The van der Waals surface area contributed by atoms with Gasteiger partial charge in [-0.2, -0.15) is 0 Å². The van der Waals surface area contributed by atoms with E-state index in [1.54, 1.807) is 7.11 Å². The number of ether oxygens (including phenoxy) is 4. The number of benzene rings is 2. The predicted octanol–water partition coefficient (Wildman–Crippen LogP) is 9.60. The highest BCUT2D eigenvalue weighted by molar-refractivity contribution is 6.74. The van der Waals surface area contributed by atoms with Crippen LogP contribution in [0.2, 0.25) is 18.1 Å². The quantitative estimate of drug-likeness (QED) is 0.139. The van der Waals surface area contributed by atoms with Gasteiger partial charge in [-0.3, -0.25) is 9.78 Å². The molecule has 0 saturated heterocycles. The van der Waals surface area contributed by atoms with E-state index in [0.717, 1.165) is 65.1 Å². The predicted molar refractivity (Wildman–Crippen MR) is 197 cm³/mol. The van der Waals surface area contributed by atoms with E-state index in [1.165, 1.54) is 0 Å². The Morgan fingerprint density at radius 2 is 1.67 bits per heavy atom. The lowest BCUT2D eigenvalue weighted by atomic mass is 9.77. The van der Waals surface area contributed by atoms with Crippen molar-refractivity contribution in [2.75, 3.05) is 20.5 Å². The second-order valence-electron chi connectivity index (χ2n) is 16.5. The third-order valence-corrected chi connectivity index (χ3v) is 14.9. The van der Waals surface area contributed by atoms with Gasteiger partial charge in [0.15, 0.2) is 19.8 Å². The largest absolute Gasteiger partial charge is 0.497 e. The molecule has 0 spiro atoms. The molecule has 4 atom stereocenters. The fourth-order valence-electron chi connectivity index (χ4n) is 6.76. The van der Waals surface area contributed by atoms with Crippen molar-refractivity contribution in [2.24, 2.45) is 11.8 Å². The van der Waals surface area contributed by atoms with E-state index < -0.39 is 19.8 Å². The maximum atomic E-state index is 14.6. The van der Waals surface area contributed by atoms with E-state index in [1.807, 2.05) is 39.0 Å². The van der Waals surface area contributed by atoms with Crippen LogP contribution in [0.15, 0.2) is 48.5 Å². The smallest absolute Gasteiger partial charge is 0.311 e. The fraction of sp³-hybridized carbons (Fsp3) is 0.561. The van der Waals surface area contributed by atoms with E-state index in [4.69, 9.17) is 28.4 Å². The summed E-state index contributed by atoms with van der Waals surface area (Å²) in [5.74, 6) is 1.06. The van der Waals surface area contributed by atoms with Crippen LogP contribution in [0.25, 0.3) is 0 Å². The second-order valence-corrected chi connectivity index (χ2v) is 21.3. The number of nitrogens with zero attached hydrogens (tertiary/aromatic N) is 1. The third-order valence-electron chi connectivity index (χ3n) is 10.4. The first-order chi connectivity index (χ1) is 23.0. The normalized spacial score (nSPS) is 19.4. The maximum absolute atomic E-state index is 14.6. The number of carbonyl (C=O) groups is 1. The maximum Gasteiger partial charge on any atom is 0.311 e. The SMILES string of the molecule is CCCCc1ccc2c(n1)[C@@H](c1ccc(OC)cc1C[C@H](C)CO[Si](C)(C)C(C)(C)C)[C@@H](C(=O)OC(C)(C)C)[C@@H]2c1ccc2c(c1)OCO2.